The highest BCUT2D eigenvalue weighted by molar-refractivity contribution is 5.50. The molecule has 42 heavy (non-hydrogen) atoms. The Bertz CT molecular complexity index is 1240. The Balaban J connectivity index is 1.08. The van der Waals surface area contributed by atoms with Gasteiger partial charge in [-0.25, -0.2) is 0 Å². The Morgan fingerprint density at radius 2 is 0.714 bits per heavy atom. The first-order valence-corrected chi connectivity index (χ1v) is 16.4. The molecule has 0 unspecified atom stereocenters. The molecule has 0 aliphatic carbocycles. The first kappa shape index (κ1) is 31.4. The van der Waals surface area contributed by atoms with E-state index in [1.165, 1.54) is 95.9 Å². The lowest BCUT2D eigenvalue weighted by Crippen LogP contribution is -1.97. The molecule has 4 aromatic carbocycles. The lowest BCUT2D eigenvalue weighted by atomic mass is 9.97. The van der Waals surface area contributed by atoms with Crippen LogP contribution in [0.3, 0.4) is 0 Å². The summed E-state index contributed by atoms with van der Waals surface area (Å²) < 4.78 is 0. The maximum Gasteiger partial charge on any atom is 0.0346 e. The Hall–Kier alpha value is -3.52. The van der Waals surface area contributed by atoms with Crippen molar-refractivity contribution in [2.45, 2.75) is 104 Å². The van der Waals surface area contributed by atoms with E-state index in [0.29, 0.717) is 0 Å². The predicted molar refractivity (Wildman–Crippen MR) is 183 cm³/mol. The van der Waals surface area contributed by atoms with Gasteiger partial charge in [-0.05, 0) is 108 Å². The minimum atomic E-state index is 0.924. The molecule has 0 aromatic heterocycles. The number of benzene rings is 4. The van der Waals surface area contributed by atoms with Gasteiger partial charge in [0, 0.05) is 11.4 Å². The van der Waals surface area contributed by atoms with Crippen molar-refractivity contribution in [2.24, 2.45) is 0 Å². The highest BCUT2D eigenvalue weighted by Gasteiger charge is 2.05. The monoisotopic (exact) mass is 560 g/mol. The van der Waals surface area contributed by atoms with Gasteiger partial charge in [-0.1, -0.05) is 125 Å². The molecule has 0 fully saturated rings. The first-order chi connectivity index (χ1) is 20.5. The molecule has 0 amide bonds. The minimum Gasteiger partial charge on any atom is -0.399 e. The summed E-state index contributed by atoms with van der Waals surface area (Å²) >= 11 is 0. The van der Waals surface area contributed by atoms with Gasteiger partial charge in [0.2, 0.25) is 0 Å². The van der Waals surface area contributed by atoms with Gasteiger partial charge in [-0.15, -0.1) is 0 Å². The van der Waals surface area contributed by atoms with E-state index in [4.69, 9.17) is 11.5 Å². The summed E-state index contributed by atoms with van der Waals surface area (Å²) in [5.41, 5.74) is 25.1. The van der Waals surface area contributed by atoms with E-state index in [0.717, 1.165) is 49.9 Å². The molecule has 2 nitrogen and oxygen atoms in total. The van der Waals surface area contributed by atoms with Gasteiger partial charge in [0.1, 0.15) is 0 Å². The van der Waals surface area contributed by atoms with Crippen LogP contribution in [0.2, 0.25) is 0 Å². The zero-order chi connectivity index (χ0) is 29.6. The molecule has 4 N–H and O–H groups in total. The van der Waals surface area contributed by atoms with Crippen LogP contribution in [0.25, 0.3) is 0 Å². The molecule has 222 valence electrons. The SMILES string of the molecule is CCCc1cc(Cc2ccc(CCCCCCCCc3ccc(Cc4ccc(N)c(CCC)c4)cc3)cc2)ccc1N. The first-order valence-electron chi connectivity index (χ1n) is 16.4. The Labute approximate surface area is 255 Å². The van der Waals surface area contributed by atoms with Gasteiger partial charge >= 0.3 is 0 Å². The highest BCUT2D eigenvalue weighted by atomic mass is 14.6. The molecule has 0 radical (unpaired) electrons. The van der Waals surface area contributed by atoms with Crippen molar-refractivity contribution in [1.82, 2.24) is 0 Å². The number of nitrogens with two attached hydrogens (primary N) is 2. The van der Waals surface area contributed by atoms with Gasteiger partial charge in [0.25, 0.3) is 0 Å². The lowest BCUT2D eigenvalue weighted by Gasteiger charge is -2.09. The summed E-state index contributed by atoms with van der Waals surface area (Å²) in [6.45, 7) is 4.41. The van der Waals surface area contributed by atoms with Gasteiger partial charge in [0.05, 0.1) is 0 Å². The Morgan fingerprint density at radius 1 is 0.381 bits per heavy atom. The van der Waals surface area contributed by atoms with E-state index in [1.807, 2.05) is 0 Å². The van der Waals surface area contributed by atoms with Gasteiger partial charge in [-0.2, -0.15) is 0 Å². The van der Waals surface area contributed by atoms with Crippen molar-refractivity contribution in [2.75, 3.05) is 11.5 Å². The fourth-order valence-corrected chi connectivity index (χ4v) is 5.99. The number of aryl methyl sites for hydroxylation is 4. The number of anilines is 2. The second kappa shape index (κ2) is 16.8. The van der Waals surface area contributed by atoms with Crippen LogP contribution in [-0.2, 0) is 38.5 Å². The highest BCUT2D eigenvalue weighted by Crippen LogP contribution is 2.21. The standard InChI is InChI=1S/C40H52N2/c1-3-11-37-29-35(23-25-39(37)41)27-33-19-15-31(16-20-33)13-9-7-5-6-8-10-14-32-17-21-34(22-18-32)28-36-24-26-40(42)38(30-36)12-4-2/h15-26,29-30H,3-14,27-28,41-42H2,1-2H3. The topological polar surface area (TPSA) is 52.0 Å². The minimum absolute atomic E-state index is 0.924. The molecule has 0 saturated heterocycles. The number of nitrogen functional groups attached to an aromatic ring is 2. The summed E-state index contributed by atoms with van der Waals surface area (Å²) in [4.78, 5) is 0. The van der Waals surface area contributed by atoms with E-state index in [9.17, 15) is 0 Å². The predicted octanol–water partition coefficient (Wildman–Crippen LogP) is 10.1. The Morgan fingerprint density at radius 3 is 1.10 bits per heavy atom. The molecular weight excluding hydrogens is 508 g/mol. The second-order valence-electron chi connectivity index (χ2n) is 12.2. The quantitative estimate of drug-likeness (QED) is 0.0997. The number of hydrogen-bond acceptors (Lipinski definition) is 2. The van der Waals surface area contributed by atoms with Crippen LogP contribution in [0.5, 0.6) is 0 Å². The summed E-state index contributed by atoms with van der Waals surface area (Å²) in [7, 11) is 0. The zero-order valence-electron chi connectivity index (χ0n) is 26.1. The number of unbranched alkanes of at least 4 members (excludes halogenated alkanes) is 5. The van der Waals surface area contributed by atoms with Crippen LogP contribution >= 0.6 is 0 Å². The van der Waals surface area contributed by atoms with Crippen molar-refractivity contribution in [1.29, 1.82) is 0 Å². The lowest BCUT2D eigenvalue weighted by molar-refractivity contribution is 0.594. The largest absolute Gasteiger partial charge is 0.399 e. The molecule has 0 heterocycles. The maximum atomic E-state index is 6.14. The van der Waals surface area contributed by atoms with Crippen molar-refractivity contribution < 1.29 is 0 Å². The third-order valence-corrected chi connectivity index (χ3v) is 8.50. The van der Waals surface area contributed by atoms with Crippen molar-refractivity contribution in [3.8, 4) is 0 Å². The van der Waals surface area contributed by atoms with Crippen molar-refractivity contribution in [3.05, 3.63) is 129 Å². The van der Waals surface area contributed by atoms with E-state index in [-0.39, 0.29) is 0 Å². The molecule has 0 aliphatic heterocycles. The van der Waals surface area contributed by atoms with E-state index in [1.54, 1.807) is 0 Å². The second-order valence-corrected chi connectivity index (χ2v) is 12.2. The summed E-state index contributed by atoms with van der Waals surface area (Å²) in [6.07, 6.45) is 16.6. The van der Waals surface area contributed by atoms with Crippen LogP contribution in [0, 0.1) is 0 Å². The maximum absolute atomic E-state index is 6.14. The third kappa shape index (κ3) is 10.1. The molecule has 0 spiro atoms. The van der Waals surface area contributed by atoms with Crippen LogP contribution in [-0.4, -0.2) is 0 Å². The van der Waals surface area contributed by atoms with Crippen molar-refractivity contribution in [3.63, 3.8) is 0 Å². The number of hydrogen-bond donors (Lipinski definition) is 2. The third-order valence-electron chi connectivity index (χ3n) is 8.50. The van der Waals surface area contributed by atoms with E-state index in [2.05, 4.69) is 98.8 Å². The molecule has 0 atom stereocenters. The van der Waals surface area contributed by atoms with Gasteiger partial charge in [-0.3, -0.25) is 0 Å². The van der Waals surface area contributed by atoms with Crippen LogP contribution < -0.4 is 11.5 Å². The molecule has 0 aliphatic rings. The molecule has 2 heteroatoms. The zero-order valence-corrected chi connectivity index (χ0v) is 26.1. The van der Waals surface area contributed by atoms with E-state index < -0.39 is 0 Å². The molecule has 4 aromatic rings. The van der Waals surface area contributed by atoms with E-state index >= 15 is 0 Å². The van der Waals surface area contributed by atoms with Crippen LogP contribution in [0.15, 0.2) is 84.9 Å². The molecular formula is C40H52N2. The fourth-order valence-electron chi connectivity index (χ4n) is 5.99. The average molecular weight is 561 g/mol. The number of rotatable bonds is 17. The van der Waals surface area contributed by atoms with Crippen LogP contribution in [0.4, 0.5) is 11.4 Å². The average Bonchev–Trinajstić information content (AvgIpc) is 3.00. The summed E-state index contributed by atoms with van der Waals surface area (Å²) in [5, 5.41) is 0. The Kier molecular flexibility index (Phi) is 12.6. The van der Waals surface area contributed by atoms with Gasteiger partial charge < -0.3 is 11.5 Å². The summed E-state index contributed by atoms with van der Waals surface area (Å²) in [6, 6.07) is 31.6. The molecule has 4 rings (SSSR count). The summed E-state index contributed by atoms with van der Waals surface area (Å²) in [5.74, 6) is 0. The smallest absolute Gasteiger partial charge is 0.0346 e. The normalized spacial score (nSPS) is 11.2. The van der Waals surface area contributed by atoms with Gasteiger partial charge in [0.15, 0.2) is 0 Å². The van der Waals surface area contributed by atoms with Crippen LogP contribution in [0.1, 0.15) is 110 Å². The molecule has 0 bridgehead atoms. The molecule has 0 saturated carbocycles. The fraction of sp³-hybridized carbons (Fsp3) is 0.400. The van der Waals surface area contributed by atoms with Crippen molar-refractivity contribution >= 4 is 11.4 Å².